The van der Waals surface area contributed by atoms with Crippen LogP contribution in [0.2, 0.25) is 0 Å². The Balaban J connectivity index is 1.81. The summed E-state index contributed by atoms with van der Waals surface area (Å²) >= 11 is 0. The molecule has 0 radical (unpaired) electrons. The number of esters is 2. The molecule has 172 valence electrons. The van der Waals surface area contributed by atoms with Gasteiger partial charge in [0.1, 0.15) is 0 Å². The number of carbonyl (C=O) groups is 4. The molecular formula is C21H18FN3O8. The number of amides is 2. The zero-order chi connectivity index (χ0) is 24.3. The third kappa shape index (κ3) is 4.95. The number of nitrogens with zero attached hydrogens (tertiary/aromatic N) is 2. The minimum atomic E-state index is -1.04. The van der Waals surface area contributed by atoms with Gasteiger partial charge in [0, 0.05) is 24.7 Å². The van der Waals surface area contributed by atoms with Gasteiger partial charge in [0.15, 0.2) is 0 Å². The Morgan fingerprint density at radius 2 is 1.70 bits per heavy atom. The van der Waals surface area contributed by atoms with E-state index >= 15 is 0 Å². The summed E-state index contributed by atoms with van der Waals surface area (Å²) in [5.41, 5.74) is -0.601. The second-order valence-electron chi connectivity index (χ2n) is 7.07. The number of rotatable bonds is 6. The average Bonchev–Trinajstić information content (AvgIpc) is 3.19. The van der Waals surface area contributed by atoms with Crippen molar-refractivity contribution in [2.75, 3.05) is 31.0 Å². The molecule has 0 aromatic heterocycles. The topological polar surface area (TPSA) is 145 Å². The summed E-state index contributed by atoms with van der Waals surface area (Å²) in [4.78, 5) is 60.2. The highest BCUT2D eigenvalue weighted by Crippen LogP contribution is 2.30. The lowest BCUT2D eigenvalue weighted by atomic mass is 10.1. The molecule has 1 N–H and O–H groups in total. The number of halogens is 1. The van der Waals surface area contributed by atoms with Crippen LogP contribution in [0.3, 0.4) is 0 Å². The van der Waals surface area contributed by atoms with E-state index in [0.717, 1.165) is 31.3 Å². The summed E-state index contributed by atoms with van der Waals surface area (Å²) in [7, 11) is 2.31. The number of anilines is 2. The lowest BCUT2D eigenvalue weighted by Crippen LogP contribution is -2.28. The van der Waals surface area contributed by atoms with Gasteiger partial charge < -0.3 is 19.7 Å². The van der Waals surface area contributed by atoms with E-state index in [0.29, 0.717) is 0 Å². The first-order chi connectivity index (χ1) is 15.6. The molecular weight excluding hydrogens is 441 g/mol. The van der Waals surface area contributed by atoms with Crippen LogP contribution >= 0.6 is 0 Å². The molecule has 0 bridgehead atoms. The van der Waals surface area contributed by atoms with Crippen LogP contribution in [-0.4, -0.2) is 49.4 Å². The number of carbonyl (C=O) groups excluding carboxylic acids is 4. The third-order valence-electron chi connectivity index (χ3n) is 4.98. The van der Waals surface area contributed by atoms with Crippen LogP contribution in [0.15, 0.2) is 36.4 Å². The molecule has 0 spiro atoms. The maximum atomic E-state index is 13.6. The van der Waals surface area contributed by atoms with Gasteiger partial charge >= 0.3 is 17.6 Å². The molecule has 33 heavy (non-hydrogen) atoms. The zero-order valence-corrected chi connectivity index (χ0v) is 17.5. The molecule has 1 atom stereocenters. The summed E-state index contributed by atoms with van der Waals surface area (Å²) in [6.07, 6.45) is -0.197. The van der Waals surface area contributed by atoms with Crippen molar-refractivity contribution in [3.05, 3.63) is 63.5 Å². The summed E-state index contributed by atoms with van der Waals surface area (Å²) < 4.78 is 22.9. The average molecular weight is 459 g/mol. The van der Waals surface area contributed by atoms with Crippen LogP contribution in [-0.2, 0) is 19.1 Å². The van der Waals surface area contributed by atoms with E-state index < -0.39 is 46.1 Å². The standard InChI is InChI=1S/C21H18FN3O8/c1-32-20(28)11-5-12(21(29)33-2)7-14(6-11)23-19(27)13-8-18(26)24(10-13)15-3-4-16(22)17(9-15)25(30)31/h3-7,9,13H,8,10H2,1-2H3,(H,23,27). The number of nitrogens with one attached hydrogen (secondary N) is 1. The number of nitro benzene ring substituents is 1. The number of ether oxygens (including phenoxy) is 2. The smallest absolute Gasteiger partial charge is 0.337 e. The molecule has 12 heteroatoms. The summed E-state index contributed by atoms with van der Waals surface area (Å²) in [6.45, 7) is -0.103. The molecule has 0 saturated carbocycles. The van der Waals surface area contributed by atoms with Crippen LogP contribution in [0, 0.1) is 21.8 Å². The number of hydrogen-bond acceptors (Lipinski definition) is 8. The fourth-order valence-corrected chi connectivity index (χ4v) is 3.36. The van der Waals surface area contributed by atoms with Crippen molar-refractivity contribution in [3.8, 4) is 0 Å². The molecule has 1 aliphatic rings. The van der Waals surface area contributed by atoms with E-state index in [1.54, 1.807) is 0 Å². The van der Waals surface area contributed by atoms with E-state index in [9.17, 15) is 33.7 Å². The Morgan fingerprint density at radius 3 is 2.24 bits per heavy atom. The Bertz CT molecular complexity index is 1130. The van der Waals surface area contributed by atoms with Crippen molar-refractivity contribution in [3.63, 3.8) is 0 Å². The van der Waals surface area contributed by atoms with Gasteiger partial charge in [0.2, 0.25) is 17.6 Å². The van der Waals surface area contributed by atoms with Crippen LogP contribution in [0.1, 0.15) is 27.1 Å². The Labute approximate surface area is 186 Å². The molecule has 1 heterocycles. The zero-order valence-electron chi connectivity index (χ0n) is 17.5. The van der Waals surface area contributed by atoms with Crippen LogP contribution in [0.5, 0.6) is 0 Å². The maximum Gasteiger partial charge on any atom is 0.337 e. The van der Waals surface area contributed by atoms with E-state index in [2.05, 4.69) is 14.8 Å². The van der Waals surface area contributed by atoms with Crippen LogP contribution in [0.25, 0.3) is 0 Å². The lowest BCUT2D eigenvalue weighted by Gasteiger charge is -2.17. The van der Waals surface area contributed by atoms with Crippen molar-refractivity contribution < 1.29 is 38.0 Å². The lowest BCUT2D eigenvalue weighted by molar-refractivity contribution is -0.387. The molecule has 1 unspecified atom stereocenters. The Kier molecular flexibility index (Phi) is 6.66. The molecule has 2 aromatic carbocycles. The summed E-state index contributed by atoms with van der Waals surface area (Å²) in [5.74, 6) is -4.43. The second-order valence-corrected chi connectivity index (χ2v) is 7.07. The normalized spacial score (nSPS) is 15.2. The van der Waals surface area contributed by atoms with Crippen molar-refractivity contribution in [2.24, 2.45) is 5.92 Å². The fraction of sp³-hybridized carbons (Fsp3) is 0.238. The molecule has 2 aromatic rings. The minimum absolute atomic E-state index is 0.00144. The van der Waals surface area contributed by atoms with Gasteiger partial charge in [-0.25, -0.2) is 9.59 Å². The second kappa shape index (κ2) is 9.42. The SMILES string of the molecule is COC(=O)c1cc(NC(=O)C2CC(=O)N(c3ccc(F)c([N+](=O)[O-])c3)C2)cc(C(=O)OC)c1. The van der Waals surface area contributed by atoms with Gasteiger partial charge in [0.05, 0.1) is 41.9 Å². The number of methoxy groups -OCH3 is 2. The van der Waals surface area contributed by atoms with Crippen LogP contribution in [0.4, 0.5) is 21.5 Å². The predicted octanol–water partition coefficient (Wildman–Crippen LogP) is 2.30. The fourth-order valence-electron chi connectivity index (χ4n) is 3.36. The molecule has 2 amide bonds. The maximum absolute atomic E-state index is 13.6. The van der Waals surface area contributed by atoms with Gasteiger partial charge in [-0.15, -0.1) is 0 Å². The first kappa shape index (κ1) is 23.3. The predicted molar refractivity (Wildman–Crippen MR) is 111 cm³/mol. The summed E-state index contributed by atoms with van der Waals surface area (Å²) in [6, 6.07) is 6.86. The van der Waals surface area contributed by atoms with E-state index in [1.807, 2.05) is 0 Å². The van der Waals surface area contributed by atoms with Crippen molar-refractivity contribution >= 4 is 40.8 Å². The number of nitro groups is 1. The Morgan fingerprint density at radius 1 is 1.09 bits per heavy atom. The monoisotopic (exact) mass is 459 g/mol. The van der Waals surface area contributed by atoms with Gasteiger partial charge in [-0.3, -0.25) is 19.7 Å². The van der Waals surface area contributed by atoms with Gasteiger partial charge in [0.25, 0.3) is 0 Å². The minimum Gasteiger partial charge on any atom is -0.465 e. The van der Waals surface area contributed by atoms with Crippen molar-refractivity contribution in [1.29, 1.82) is 0 Å². The Hall–Kier alpha value is -4.35. The molecule has 11 nitrogen and oxygen atoms in total. The quantitative estimate of drug-likeness (QED) is 0.393. The van der Waals surface area contributed by atoms with Gasteiger partial charge in [-0.05, 0) is 30.3 Å². The number of hydrogen-bond donors (Lipinski definition) is 1. The van der Waals surface area contributed by atoms with Crippen molar-refractivity contribution in [2.45, 2.75) is 6.42 Å². The van der Waals surface area contributed by atoms with Gasteiger partial charge in [-0.1, -0.05) is 0 Å². The van der Waals surface area contributed by atoms with E-state index in [-0.39, 0.29) is 35.5 Å². The van der Waals surface area contributed by atoms with Crippen molar-refractivity contribution in [1.82, 2.24) is 0 Å². The molecule has 0 aliphatic carbocycles. The van der Waals surface area contributed by atoms with E-state index in [4.69, 9.17) is 0 Å². The first-order valence-electron chi connectivity index (χ1n) is 9.51. The largest absolute Gasteiger partial charge is 0.465 e. The number of benzene rings is 2. The highest BCUT2D eigenvalue weighted by Gasteiger charge is 2.36. The van der Waals surface area contributed by atoms with Crippen LogP contribution < -0.4 is 10.2 Å². The summed E-state index contributed by atoms with van der Waals surface area (Å²) in [5, 5.41) is 13.5. The highest BCUT2D eigenvalue weighted by molar-refractivity contribution is 6.05. The van der Waals surface area contributed by atoms with Gasteiger partial charge in [-0.2, -0.15) is 4.39 Å². The third-order valence-corrected chi connectivity index (χ3v) is 4.98. The first-order valence-corrected chi connectivity index (χ1v) is 9.51. The molecule has 1 saturated heterocycles. The van der Waals surface area contributed by atoms with E-state index in [1.165, 1.54) is 24.3 Å². The molecule has 1 fully saturated rings. The molecule has 1 aliphatic heterocycles. The highest BCUT2D eigenvalue weighted by atomic mass is 19.1. The molecule has 3 rings (SSSR count).